The highest BCUT2D eigenvalue weighted by Crippen LogP contribution is 2.49. The van der Waals surface area contributed by atoms with Crippen molar-refractivity contribution in [3.8, 4) is 11.5 Å². The van der Waals surface area contributed by atoms with E-state index in [1.165, 1.54) is 36.5 Å². The number of hydrogen-bond acceptors (Lipinski definition) is 5. The Balaban J connectivity index is 1.39. The Morgan fingerprint density at radius 2 is 1.59 bits per heavy atom. The van der Waals surface area contributed by atoms with Crippen LogP contribution in [0.3, 0.4) is 0 Å². The summed E-state index contributed by atoms with van der Waals surface area (Å²) in [5.74, 6) is -6.89. The van der Waals surface area contributed by atoms with E-state index < -0.39 is 58.0 Å². The lowest BCUT2D eigenvalue weighted by Crippen LogP contribution is -2.29. The summed E-state index contributed by atoms with van der Waals surface area (Å²) in [4.78, 5) is 42.4. The Bertz CT molecular complexity index is 1710. The maximum absolute atomic E-state index is 15.1. The van der Waals surface area contributed by atoms with Crippen LogP contribution in [0.5, 0.6) is 11.5 Å². The lowest BCUT2D eigenvalue weighted by Gasteiger charge is -2.16. The average Bonchev–Trinajstić information content (AvgIpc) is 3.77. The SMILES string of the molecule is CCC(=O)c1cc2nccc(Oc3c(F)cc(CC(=O)C4(C(=O)Cc5ccc(F)cc5)CC4)c(F)c3F)c2cc1C. The monoisotopic (exact) mass is 563 g/mol. The molecule has 5 rings (SSSR count). The van der Waals surface area contributed by atoms with Gasteiger partial charge in [-0.2, -0.15) is 4.39 Å². The van der Waals surface area contributed by atoms with Crippen molar-refractivity contribution in [3.63, 3.8) is 0 Å². The van der Waals surface area contributed by atoms with E-state index in [2.05, 4.69) is 4.98 Å². The van der Waals surface area contributed by atoms with Gasteiger partial charge in [-0.1, -0.05) is 19.1 Å². The first-order valence-electron chi connectivity index (χ1n) is 13.1. The van der Waals surface area contributed by atoms with E-state index in [1.807, 2.05) is 0 Å². The van der Waals surface area contributed by atoms with Crippen LogP contribution in [0.4, 0.5) is 17.6 Å². The molecule has 0 spiro atoms. The molecule has 1 aliphatic rings. The van der Waals surface area contributed by atoms with Crippen LogP contribution in [0.25, 0.3) is 10.9 Å². The fraction of sp³-hybridized carbons (Fsp3) is 0.250. The fourth-order valence-corrected chi connectivity index (χ4v) is 4.95. The minimum Gasteiger partial charge on any atom is -0.450 e. The van der Waals surface area contributed by atoms with Crippen LogP contribution < -0.4 is 4.74 Å². The topological polar surface area (TPSA) is 73.3 Å². The maximum atomic E-state index is 15.1. The van der Waals surface area contributed by atoms with Crippen LogP contribution in [0.15, 0.2) is 54.7 Å². The van der Waals surface area contributed by atoms with Crippen LogP contribution in [-0.4, -0.2) is 22.3 Å². The number of carbonyl (C=O) groups is 3. The molecule has 1 aliphatic carbocycles. The standard InChI is InChI=1S/C32H25F4NO4/c1-3-25(38)21-16-24-22(12-17(21)2)26(8-11-37-24)41-31-23(34)14-19(29(35)30(31)36)15-28(40)32(9-10-32)27(39)13-18-4-6-20(33)7-5-18/h4-8,11-12,14,16H,3,9-10,13,15H2,1-2H3. The number of benzene rings is 3. The second-order valence-electron chi connectivity index (χ2n) is 10.3. The first-order chi connectivity index (χ1) is 19.5. The van der Waals surface area contributed by atoms with Crippen LogP contribution in [0.1, 0.15) is 53.2 Å². The molecule has 0 unspecified atom stereocenters. The Morgan fingerprint density at radius 3 is 2.24 bits per heavy atom. The van der Waals surface area contributed by atoms with Crippen LogP contribution in [0.2, 0.25) is 0 Å². The predicted molar refractivity (Wildman–Crippen MR) is 143 cm³/mol. The molecule has 1 heterocycles. The average molecular weight is 564 g/mol. The van der Waals surface area contributed by atoms with Crippen LogP contribution in [0, 0.1) is 35.6 Å². The quantitative estimate of drug-likeness (QED) is 0.0884. The van der Waals surface area contributed by atoms with E-state index in [9.17, 15) is 18.8 Å². The highest BCUT2D eigenvalue weighted by atomic mass is 19.2. The van der Waals surface area contributed by atoms with Crippen molar-refractivity contribution in [1.82, 2.24) is 4.98 Å². The summed E-state index contributed by atoms with van der Waals surface area (Å²) in [7, 11) is 0. The number of aryl methyl sites for hydroxylation is 1. The maximum Gasteiger partial charge on any atom is 0.204 e. The first kappa shape index (κ1) is 28.1. The summed E-state index contributed by atoms with van der Waals surface area (Å²) in [5, 5.41) is 0.367. The molecule has 0 amide bonds. The van der Waals surface area contributed by atoms with Gasteiger partial charge in [0.1, 0.15) is 11.6 Å². The van der Waals surface area contributed by atoms with Crippen molar-refractivity contribution >= 4 is 28.3 Å². The molecule has 9 heteroatoms. The number of halogens is 4. The van der Waals surface area contributed by atoms with Gasteiger partial charge in [0, 0.05) is 42.0 Å². The van der Waals surface area contributed by atoms with Gasteiger partial charge in [-0.3, -0.25) is 19.4 Å². The third-order valence-electron chi connectivity index (χ3n) is 7.52. The number of fused-ring (bicyclic) bond motifs is 1. The largest absolute Gasteiger partial charge is 0.450 e. The Labute approximate surface area is 233 Å². The van der Waals surface area contributed by atoms with Gasteiger partial charge in [-0.25, -0.2) is 13.2 Å². The molecule has 3 aromatic carbocycles. The smallest absolute Gasteiger partial charge is 0.204 e. The van der Waals surface area contributed by atoms with Gasteiger partial charge in [-0.05, 0) is 67.3 Å². The lowest BCUT2D eigenvalue weighted by atomic mass is 9.87. The van der Waals surface area contributed by atoms with Gasteiger partial charge in [-0.15, -0.1) is 0 Å². The zero-order valence-electron chi connectivity index (χ0n) is 22.3. The third-order valence-corrected chi connectivity index (χ3v) is 7.52. The van der Waals surface area contributed by atoms with Gasteiger partial charge in [0.15, 0.2) is 29.0 Å². The van der Waals surface area contributed by atoms with Crippen molar-refractivity contribution in [1.29, 1.82) is 0 Å². The molecule has 41 heavy (non-hydrogen) atoms. The summed E-state index contributed by atoms with van der Waals surface area (Å²) >= 11 is 0. The minimum absolute atomic E-state index is 0.00190. The first-order valence-corrected chi connectivity index (χ1v) is 13.1. The molecular formula is C32H25F4NO4. The number of rotatable bonds is 10. The van der Waals surface area contributed by atoms with Crippen molar-refractivity contribution < 1.29 is 36.7 Å². The van der Waals surface area contributed by atoms with E-state index >= 15 is 13.2 Å². The van der Waals surface area contributed by atoms with Gasteiger partial charge >= 0.3 is 0 Å². The third kappa shape index (κ3) is 5.36. The molecule has 0 aliphatic heterocycles. The molecule has 5 nitrogen and oxygen atoms in total. The van der Waals surface area contributed by atoms with Crippen LogP contribution in [-0.2, 0) is 22.4 Å². The number of ketones is 3. The number of Topliss-reactive ketones (excluding diaryl/α,β-unsaturated/α-hetero) is 3. The van der Waals surface area contributed by atoms with E-state index in [1.54, 1.807) is 26.0 Å². The fourth-order valence-electron chi connectivity index (χ4n) is 4.95. The Morgan fingerprint density at radius 1 is 0.902 bits per heavy atom. The molecular weight excluding hydrogens is 538 g/mol. The molecule has 1 saturated carbocycles. The summed E-state index contributed by atoms with van der Waals surface area (Å²) in [6.07, 6.45) is 1.33. The number of hydrogen-bond donors (Lipinski definition) is 0. The van der Waals surface area contributed by atoms with E-state index in [4.69, 9.17) is 4.74 Å². The lowest BCUT2D eigenvalue weighted by molar-refractivity contribution is -0.133. The number of nitrogens with zero attached hydrogens (tertiary/aromatic N) is 1. The predicted octanol–water partition coefficient (Wildman–Crippen LogP) is 7.19. The summed E-state index contributed by atoms with van der Waals surface area (Å²) < 4.78 is 64.0. The van der Waals surface area contributed by atoms with Gasteiger partial charge in [0.05, 0.1) is 10.9 Å². The molecule has 1 aromatic heterocycles. The number of carbonyl (C=O) groups excluding carboxylic acids is 3. The number of ether oxygens (including phenoxy) is 1. The summed E-state index contributed by atoms with van der Waals surface area (Å²) in [6, 6.07) is 10.5. The molecule has 0 atom stereocenters. The van der Waals surface area contributed by atoms with E-state index in [0.717, 1.165) is 0 Å². The molecule has 0 saturated heterocycles. The highest BCUT2D eigenvalue weighted by molar-refractivity contribution is 6.11. The van der Waals surface area contributed by atoms with Gasteiger partial charge in [0.2, 0.25) is 11.6 Å². The second-order valence-corrected chi connectivity index (χ2v) is 10.3. The zero-order valence-corrected chi connectivity index (χ0v) is 22.3. The second kappa shape index (κ2) is 10.9. The molecule has 4 aromatic rings. The minimum atomic E-state index is -1.62. The molecule has 210 valence electrons. The van der Waals surface area contributed by atoms with E-state index in [-0.39, 0.29) is 37.2 Å². The molecule has 0 radical (unpaired) electrons. The number of pyridine rings is 1. The molecule has 0 N–H and O–H groups in total. The summed E-state index contributed by atoms with van der Waals surface area (Å²) in [5.41, 5.74) is 0.0734. The Hall–Kier alpha value is -4.40. The molecule has 1 fully saturated rings. The number of aromatic nitrogens is 1. The van der Waals surface area contributed by atoms with E-state index in [0.29, 0.717) is 33.7 Å². The molecule has 0 bridgehead atoms. The van der Waals surface area contributed by atoms with Crippen LogP contribution >= 0.6 is 0 Å². The normalized spacial score (nSPS) is 13.7. The van der Waals surface area contributed by atoms with Crippen molar-refractivity contribution in [2.24, 2.45) is 5.41 Å². The highest BCUT2D eigenvalue weighted by Gasteiger charge is 2.54. The van der Waals surface area contributed by atoms with Crippen molar-refractivity contribution in [2.75, 3.05) is 0 Å². The Kier molecular flexibility index (Phi) is 7.46. The van der Waals surface area contributed by atoms with Gasteiger partial charge in [0.25, 0.3) is 0 Å². The van der Waals surface area contributed by atoms with Gasteiger partial charge < -0.3 is 4.74 Å². The van der Waals surface area contributed by atoms with Crippen molar-refractivity contribution in [3.05, 3.63) is 100 Å². The summed E-state index contributed by atoms with van der Waals surface area (Å²) in [6.45, 7) is 3.44. The van der Waals surface area contributed by atoms with Crippen molar-refractivity contribution in [2.45, 2.75) is 46.0 Å². The zero-order chi connectivity index (χ0) is 29.5.